The topological polar surface area (TPSA) is 71.3 Å². The fraction of sp³-hybridized carbons (Fsp3) is 0.0833. The van der Waals surface area contributed by atoms with Gasteiger partial charge in [-0.05, 0) is 53.6 Å². The lowest BCUT2D eigenvalue weighted by Crippen LogP contribution is -2.13. The predicted octanol–water partition coefficient (Wildman–Crippen LogP) is 6.13. The third kappa shape index (κ3) is 6.02. The van der Waals surface area contributed by atoms with E-state index in [1.54, 1.807) is 54.6 Å². The number of nitrogens with one attached hydrogen (secondary N) is 1. The average molecular weight is 453 g/mol. The molecule has 0 fully saturated rings. The highest BCUT2D eigenvalue weighted by molar-refractivity contribution is 6.42. The van der Waals surface area contributed by atoms with Gasteiger partial charge in [-0.2, -0.15) is 5.26 Å². The van der Waals surface area contributed by atoms with Crippen molar-refractivity contribution in [1.29, 1.82) is 5.26 Å². The van der Waals surface area contributed by atoms with Gasteiger partial charge in [0.1, 0.15) is 18.2 Å². The van der Waals surface area contributed by atoms with Crippen molar-refractivity contribution in [2.24, 2.45) is 0 Å². The van der Waals surface area contributed by atoms with Crippen LogP contribution in [0.5, 0.6) is 11.5 Å². The Morgan fingerprint density at radius 1 is 1.03 bits per heavy atom. The van der Waals surface area contributed by atoms with E-state index in [0.29, 0.717) is 32.8 Å². The molecule has 5 nitrogen and oxygen atoms in total. The minimum Gasteiger partial charge on any atom is -0.493 e. The second-order valence-corrected chi connectivity index (χ2v) is 7.25. The zero-order valence-electron chi connectivity index (χ0n) is 16.6. The smallest absolute Gasteiger partial charge is 0.266 e. The molecule has 31 heavy (non-hydrogen) atoms. The molecule has 156 valence electrons. The van der Waals surface area contributed by atoms with Crippen LogP contribution in [0.3, 0.4) is 0 Å². The number of nitriles is 1. The highest BCUT2D eigenvalue weighted by atomic mass is 35.5. The Bertz CT molecular complexity index is 1160. The molecular weight excluding hydrogens is 435 g/mol. The van der Waals surface area contributed by atoms with Gasteiger partial charge in [-0.3, -0.25) is 4.79 Å². The predicted molar refractivity (Wildman–Crippen MR) is 122 cm³/mol. The lowest BCUT2D eigenvalue weighted by molar-refractivity contribution is -0.112. The molecule has 0 bridgehead atoms. The summed E-state index contributed by atoms with van der Waals surface area (Å²) in [4.78, 5) is 12.4. The summed E-state index contributed by atoms with van der Waals surface area (Å²) in [5.41, 5.74) is 2.05. The van der Waals surface area contributed by atoms with Crippen molar-refractivity contribution in [2.45, 2.75) is 6.61 Å². The lowest BCUT2D eigenvalue weighted by atomic mass is 10.1. The summed E-state index contributed by atoms with van der Waals surface area (Å²) < 4.78 is 11.2. The lowest BCUT2D eigenvalue weighted by Gasteiger charge is -2.12. The SMILES string of the molecule is COc1cc(/C=C(/C#N)C(=O)Nc2ccccc2)ccc1OCc1ccc(Cl)c(Cl)c1. The molecule has 3 aromatic carbocycles. The normalized spacial score (nSPS) is 10.8. The van der Waals surface area contributed by atoms with Gasteiger partial charge in [-0.15, -0.1) is 0 Å². The number of amides is 1. The van der Waals surface area contributed by atoms with Crippen LogP contribution in [-0.2, 0) is 11.4 Å². The van der Waals surface area contributed by atoms with Crippen LogP contribution >= 0.6 is 23.2 Å². The van der Waals surface area contributed by atoms with Crippen molar-refractivity contribution in [2.75, 3.05) is 12.4 Å². The van der Waals surface area contributed by atoms with E-state index in [0.717, 1.165) is 5.56 Å². The van der Waals surface area contributed by atoms with Crippen LogP contribution in [0.15, 0.2) is 72.3 Å². The fourth-order valence-corrected chi connectivity index (χ4v) is 3.04. The van der Waals surface area contributed by atoms with Crippen LogP contribution in [-0.4, -0.2) is 13.0 Å². The standard InChI is InChI=1S/C24H18Cl2N2O3/c1-30-23-13-16(11-18(14-27)24(29)28-19-5-3-2-4-6-19)8-10-22(23)31-15-17-7-9-20(25)21(26)12-17/h2-13H,15H2,1H3,(H,28,29)/b18-11-. The maximum atomic E-state index is 12.4. The minimum atomic E-state index is -0.493. The largest absolute Gasteiger partial charge is 0.493 e. The number of ether oxygens (including phenoxy) is 2. The third-order valence-corrected chi connectivity index (χ3v) is 5.01. The number of nitrogens with zero attached hydrogens (tertiary/aromatic N) is 1. The van der Waals surface area contributed by atoms with Gasteiger partial charge in [0.15, 0.2) is 11.5 Å². The van der Waals surface area contributed by atoms with E-state index in [4.69, 9.17) is 32.7 Å². The molecule has 0 saturated heterocycles. The number of halogens is 2. The molecule has 0 unspecified atom stereocenters. The number of methoxy groups -OCH3 is 1. The summed E-state index contributed by atoms with van der Waals surface area (Å²) in [6.45, 7) is 0.269. The molecule has 0 saturated carbocycles. The number of para-hydroxylation sites is 1. The molecule has 1 N–H and O–H groups in total. The van der Waals surface area contributed by atoms with E-state index < -0.39 is 5.91 Å². The van der Waals surface area contributed by atoms with Crippen LogP contribution in [0.2, 0.25) is 10.0 Å². The Balaban J connectivity index is 1.75. The molecule has 0 spiro atoms. The van der Waals surface area contributed by atoms with E-state index in [2.05, 4.69) is 5.32 Å². The van der Waals surface area contributed by atoms with Gasteiger partial charge in [-0.25, -0.2) is 0 Å². The third-order valence-electron chi connectivity index (χ3n) is 4.27. The van der Waals surface area contributed by atoms with Gasteiger partial charge in [0, 0.05) is 5.69 Å². The number of carbonyl (C=O) groups excluding carboxylic acids is 1. The molecule has 1 amide bonds. The second kappa shape index (κ2) is 10.5. The average Bonchev–Trinajstić information content (AvgIpc) is 2.79. The first-order valence-corrected chi connectivity index (χ1v) is 9.98. The van der Waals surface area contributed by atoms with Crippen molar-refractivity contribution >= 4 is 40.9 Å². The van der Waals surface area contributed by atoms with Crippen molar-refractivity contribution in [1.82, 2.24) is 0 Å². The molecule has 0 radical (unpaired) electrons. The van der Waals surface area contributed by atoms with Gasteiger partial charge < -0.3 is 14.8 Å². The van der Waals surface area contributed by atoms with Gasteiger partial charge in [-0.1, -0.05) is 53.5 Å². The molecular formula is C24H18Cl2N2O3. The maximum absolute atomic E-state index is 12.4. The van der Waals surface area contributed by atoms with Crippen LogP contribution in [0.1, 0.15) is 11.1 Å². The summed E-state index contributed by atoms with van der Waals surface area (Å²) in [5.74, 6) is 0.486. The van der Waals surface area contributed by atoms with Crippen molar-refractivity contribution in [3.8, 4) is 17.6 Å². The number of carbonyl (C=O) groups is 1. The number of rotatable bonds is 7. The summed E-state index contributed by atoms with van der Waals surface area (Å²) in [6, 6.07) is 21.3. The zero-order valence-corrected chi connectivity index (χ0v) is 18.1. The van der Waals surface area contributed by atoms with Crippen molar-refractivity contribution in [3.05, 3.63) is 93.5 Å². The molecule has 0 aliphatic carbocycles. The van der Waals surface area contributed by atoms with Crippen LogP contribution < -0.4 is 14.8 Å². The van der Waals surface area contributed by atoms with Crippen LogP contribution in [0.25, 0.3) is 6.08 Å². The van der Waals surface area contributed by atoms with Gasteiger partial charge in [0.25, 0.3) is 5.91 Å². The van der Waals surface area contributed by atoms with Gasteiger partial charge >= 0.3 is 0 Å². The number of benzene rings is 3. The molecule has 0 aliphatic rings. The Kier molecular flexibility index (Phi) is 7.55. The first kappa shape index (κ1) is 22.2. The first-order valence-electron chi connectivity index (χ1n) is 9.23. The van der Waals surface area contributed by atoms with Crippen molar-refractivity contribution < 1.29 is 14.3 Å². The van der Waals surface area contributed by atoms with Gasteiger partial charge in [0.05, 0.1) is 17.2 Å². The first-order chi connectivity index (χ1) is 15.0. The van der Waals surface area contributed by atoms with E-state index >= 15 is 0 Å². The molecule has 0 aliphatic heterocycles. The van der Waals surface area contributed by atoms with Crippen LogP contribution in [0.4, 0.5) is 5.69 Å². The highest BCUT2D eigenvalue weighted by Gasteiger charge is 2.11. The molecule has 0 heterocycles. The van der Waals surface area contributed by atoms with Crippen LogP contribution in [0, 0.1) is 11.3 Å². The van der Waals surface area contributed by atoms with E-state index in [-0.39, 0.29) is 12.2 Å². The molecule has 3 aromatic rings. The summed E-state index contributed by atoms with van der Waals surface area (Å²) in [6.07, 6.45) is 1.49. The number of hydrogen-bond donors (Lipinski definition) is 1. The highest BCUT2D eigenvalue weighted by Crippen LogP contribution is 2.30. The van der Waals surface area contributed by atoms with E-state index in [1.165, 1.54) is 13.2 Å². The van der Waals surface area contributed by atoms with Crippen molar-refractivity contribution in [3.63, 3.8) is 0 Å². The molecule has 0 atom stereocenters. The maximum Gasteiger partial charge on any atom is 0.266 e. The zero-order chi connectivity index (χ0) is 22.2. The molecule has 7 heteroatoms. The minimum absolute atomic E-state index is 0.0321. The Hall–Kier alpha value is -3.46. The summed E-state index contributed by atoms with van der Waals surface area (Å²) in [5, 5.41) is 13.0. The second-order valence-electron chi connectivity index (χ2n) is 6.44. The number of anilines is 1. The Labute approximate surface area is 190 Å². The quantitative estimate of drug-likeness (QED) is 0.345. The van der Waals surface area contributed by atoms with E-state index in [9.17, 15) is 10.1 Å². The van der Waals surface area contributed by atoms with E-state index in [1.807, 2.05) is 18.2 Å². The Morgan fingerprint density at radius 2 is 1.81 bits per heavy atom. The summed E-state index contributed by atoms with van der Waals surface area (Å²) in [7, 11) is 1.52. The molecule has 0 aromatic heterocycles. The fourth-order valence-electron chi connectivity index (χ4n) is 2.72. The Morgan fingerprint density at radius 3 is 2.48 bits per heavy atom. The van der Waals surface area contributed by atoms with Gasteiger partial charge in [0.2, 0.25) is 0 Å². The summed E-state index contributed by atoms with van der Waals surface area (Å²) >= 11 is 12.0. The molecule has 3 rings (SSSR count). The monoisotopic (exact) mass is 452 g/mol. The number of hydrogen-bond acceptors (Lipinski definition) is 4.